The van der Waals surface area contributed by atoms with E-state index in [1.807, 2.05) is 25.1 Å². The smallest absolute Gasteiger partial charge is 0.239 e. The molecular weight excluding hydrogens is 399 g/mol. The molecule has 1 fully saturated rings. The Hall–Kier alpha value is -4.08. The van der Waals surface area contributed by atoms with Crippen molar-refractivity contribution in [3.63, 3.8) is 0 Å². The number of halogens is 1. The van der Waals surface area contributed by atoms with Crippen LogP contribution in [-0.4, -0.2) is 50.7 Å². The number of rotatable bonds is 6. The molecule has 3 aromatic rings. The van der Waals surface area contributed by atoms with Crippen LogP contribution in [0.2, 0.25) is 0 Å². The Morgan fingerprint density at radius 3 is 2.87 bits per heavy atom. The second kappa shape index (κ2) is 9.16. The van der Waals surface area contributed by atoms with Crippen molar-refractivity contribution in [1.82, 2.24) is 30.5 Å². The first-order valence-corrected chi connectivity index (χ1v) is 9.75. The number of carbonyl (C=O) groups is 1. The lowest BCUT2D eigenvalue weighted by Crippen LogP contribution is -2.48. The van der Waals surface area contributed by atoms with Crippen molar-refractivity contribution in [2.45, 2.75) is 6.92 Å². The van der Waals surface area contributed by atoms with Gasteiger partial charge in [0.15, 0.2) is 11.6 Å². The van der Waals surface area contributed by atoms with Crippen molar-refractivity contribution in [1.29, 1.82) is 0 Å². The van der Waals surface area contributed by atoms with Crippen LogP contribution in [0.1, 0.15) is 24.0 Å². The average molecular weight is 420 g/mol. The molecule has 3 N–H and O–H groups in total. The van der Waals surface area contributed by atoms with Crippen LogP contribution in [0.4, 0.5) is 22.1 Å². The summed E-state index contributed by atoms with van der Waals surface area (Å²) in [6.07, 6.45) is 7.17. The van der Waals surface area contributed by atoms with E-state index in [0.29, 0.717) is 36.2 Å². The number of H-pyrrole nitrogens is 1. The highest BCUT2D eigenvalue weighted by molar-refractivity contribution is 5.82. The van der Waals surface area contributed by atoms with E-state index in [0.717, 1.165) is 5.69 Å². The lowest BCUT2D eigenvalue weighted by atomic mass is 10.2. The normalized spacial score (nSPS) is 14.4. The van der Waals surface area contributed by atoms with E-state index in [2.05, 4.69) is 35.8 Å². The quantitative estimate of drug-likeness (QED) is 0.562. The van der Waals surface area contributed by atoms with E-state index in [1.165, 1.54) is 12.1 Å². The molecule has 10 heteroatoms. The maximum atomic E-state index is 13.5. The highest BCUT2D eigenvalue weighted by Gasteiger charge is 2.20. The average Bonchev–Trinajstić information content (AvgIpc) is 3.19. The maximum absolute atomic E-state index is 13.5. The van der Waals surface area contributed by atoms with Crippen LogP contribution in [0.25, 0.3) is 18.2 Å². The van der Waals surface area contributed by atoms with E-state index in [1.54, 1.807) is 29.2 Å². The Kier molecular flexibility index (Phi) is 5.97. The molecule has 0 bridgehead atoms. The van der Waals surface area contributed by atoms with Gasteiger partial charge < -0.3 is 15.5 Å². The monoisotopic (exact) mass is 420 g/mol. The van der Waals surface area contributed by atoms with Crippen molar-refractivity contribution in [2.24, 2.45) is 0 Å². The Morgan fingerprint density at radius 1 is 1.16 bits per heavy atom. The molecule has 0 saturated carbocycles. The van der Waals surface area contributed by atoms with Crippen LogP contribution in [0.5, 0.6) is 0 Å². The fourth-order valence-electron chi connectivity index (χ4n) is 3.02. The van der Waals surface area contributed by atoms with Crippen molar-refractivity contribution in [3.8, 4) is 0 Å². The van der Waals surface area contributed by atoms with Crippen LogP contribution < -0.4 is 15.5 Å². The predicted octanol–water partition coefficient (Wildman–Crippen LogP) is 2.62. The second-order valence-electron chi connectivity index (χ2n) is 6.81. The summed E-state index contributed by atoms with van der Waals surface area (Å²) in [6, 6.07) is 8.03. The Morgan fingerprint density at radius 2 is 2.06 bits per heavy atom. The minimum atomic E-state index is -0.323. The second-order valence-corrected chi connectivity index (χ2v) is 6.81. The van der Waals surface area contributed by atoms with Crippen molar-refractivity contribution < 1.29 is 9.18 Å². The summed E-state index contributed by atoms with van der Waals surface area (Å²) in [5.74, 6) is 1.15. The number of carbonyl (C=O) groups excluding carboxylic acids is 1. The van der Waals surface area contributed by atoms with Crippen molar-refractivity contribution in [2.75, 3.05) is 29.9 Å². The first-order valence-electron chi connectivity index (χ1n) is 9.75. The van der Waals surface area contributed by atoms with Gasteiger partial charge in [-0.2, -0.15) is 20.1 Å². The van der Waals surface area contributed by atoms with Crippen LogP contribution in [0, 0.1) is 5.82 Å². The molecule has 1 amide bonds. The maximum Gasteiger partial charge on any atom is 0.239 e. The van der Waals surface area contributed by atoms with Gasteiger partial charge in [-0.25, -0.2) is 4.39 Å². The SMILES string of the molecule is C/C=C/c1cc(Nc2nc(/C=C/c3cccc(F)c3)nc(N3CCNC(=O)C3)n2)n[nH]1. The third-order valence-electron chi connectivity index (χ3n) is 4.42. The molecule has 158 valence electrons. The molecule has 0 aliphatic carbocycles. The van der Waals surface area contributed by atoms with E-state index in [-0.39, 0.29) is 24.2 Å². The summed E-state index contributed by atoms with van der Waals surface area (Å²) in [5.41, 5.74) is 1.51. The largest absolute Gasteiger partial charge is 0.353 e. The number of anilines is 3. The first-order chi connectivity index (χ1) is 15.1. The molecule has 31 heavy (non-hydrogen) atoms. The summed E-state index contributed by atoms with van der Waals surface area (Å²) >= 11 is 0. The molecule has 0 spiro atoms. The number of piperazine rings is 1. The number of benzene rings is 1. The fourth-order valence-corrected chi connectivity index (χ4v) is 3.02. The zero-order valence-corrected chi connectivity index (χ0v) is 16.8. The summed E-state index contributed by atoms with van der Waals surface area (Å²) in [7, 11) is 0. The number of nitrogens with zero attached hydrogens (tertiary/aromatic N) is 5. The molecule has 1 saturated heterocycles. The highest BCUT2D eigenvalue weighted by Crippen LogP contribution is 2.18. The number of nitrogens with one attached hydrogen (secondary N) is 3. The van der Waals surface area contributed by atoms with Crippen molar-refractivity contribution in [3.05, 3.63) is 59.3 Å². The van der Waals surface area contributed by atoms with Gasteiger partial charge in [0.1, 0.15) is 5.82 Å². The molecule has 0 radical (unpaired) electrons. The van der Waals surface area contributed by atoms with Gasteiger partial charge in [-0.1, -0.05) is 24.3 Å². The molecule has 4 rings (SSSR count). The lowest BCUT2D eigenvalue weighted by Gasteiger charge is -2.26. The van der Waals surface area contributed by atoms with Gasteiger partial charge in [-0.05, 0) is 36.8 Å². The first kappa shape index (κ1) is 20.2. The number of aromatic amines is 1. The summed E-state index contributed by atoms with van der Waals surface area (Å²) in [6.45, 7) is 3.16. The van der Waals surface area contributed by atoms with Crippen LogP contribution in [0.15, 0.2) is 36.4 Å². The molecule has 2 aromatic heterocycles. The van der Waals surface area contributed by atoms with Gasteiger partial charge in [0, 0.05) is 19.2 Å². The van der Waals surface area contributed by atoms with Gasteiger partial charge in [0.2, 0.25) is 17.8 Å². The van der Waals surface area contributed by atoms with E-state index in [9.17, 15) is 9.18 Å². The molecule has 0 atom stereocenters. The summed E-state index contributed by atoms with van der Waals surface area (Å²) in [5, 5.41) is 12.9. The van der Waals surface area contributed by atoms with Crippen LogP contribution in [-0.2, 0) is 4.79 Å². The Bertz CT molecular complexity index is 1140. The zero-order valence-electron chi connectivity index (χ0n) is 16.8. The molecule has 3 heterocycles. The standard InChI is InChI=1S/C21H21FN8O/c1-2-4-16-12-18(29-28-16)25-20-24-17(8-7-14-5-3-6-15(22)11-14)26-21(27-20)30-10-9-23-19(31)13-30/h2-8,11-12H,9-10,13H2,1H3,(H,23,31)(H2,24,25,26,27,28,29)/b4-2+,8-7+. The number of hydrogen-bond donors (Lipinski definition) is 3. The molecular formula is C21H21FN8O. The minimum absolute atomic E-state index is 0.0960. The Balaban J connectivity index is 1.64. The van der Waals surface area contributed by atoms with E-state index >= 15 is 0 Å². The van der Waals surface area contributed by atoms with Crippen LogP contribution in [0.3, 0.4) is 0 Å². The fraction of sp³-hybridized carbons (Fsp3) is 0.190. The zero-order chi connectivity index (χ0) is 21.6. The molecule has 1 aliphatic heterocycles. The van der Waals surface area contributed by atoms with Gasteiger partial charge in [0.25, 0.3) is 0 Å². The van der Waals surface area contributed by atoms with Gasteiger partial charge in [0.05, 0.1) is 12.2 Å². The highest BCUT2D eigenvalue weighted by atomic mass is 19.1. The third-order valence-corrected chi connectivity index (χ3v) is 4.42. The van der Waals surface area contributed by atoms with E-state index in [4.69, 9.17) is 0 Å². The number of allylic oxidation sites excluding steroid dienone is 1. The summed E-state index contributed by atoms with van der Waals surface area (Å²) < 4.78 is 13.5. The van der Waals surface area contributed by atoms with E-state index < -0.39 is 0 Å². The van der Waals surface area contributed by atoms with Gasteiger partial charge >= 0.3 is 0 Å². The Labute approximate surface area is 178 Å². The molecule has 0 unspecified atom stereocenters. The molecule has 1 aliphatic rings. The lowest BCUT2D eigenvalue weighted by molar-refractivity contribution is -0.120. The third kappa shape index (κ3) is 5.30. The van der Waals surface area contributed by atoms with Crippen molar-refractivity contribution >= 4 is 41.8 Å². The van der Waals surface area contributed by atoms with Crippen LogP contribution >= 0.6 is 0 Å². The molecule has 1 aromatic carbocycles. The van der Waals surface area contributed by atoms with Gasteiger partial charge in [-0.15, -0.1) is 0 Å². The minimum Gasteiger partial charge on any atom is -0.353 e. The number of amides is 1. The summed E-state index contributed by atoms with van der Waals surface area (Å²) in [4.78, 5) is 26.9. The predicted molar refractivity (Wildman–Crippen MR) is 117 cm³/mol. The topological polar surface area (TPSA) is 112 Å². The number of aromatic nitrogens is 5. The number of hydrogen-bond acceptors (Lipinski definition) is 7. The molecule has 9 nitrogen and oxygen atoms in total. The van der Waals surface area contributed by atoms with Gasteiger partial charge in [-0.3, -0.25) is 9.89 Å².